The Balaban J connectivity index is 3.13. The first kappa shape index (κ1) is 13.2. The minimum atomic E-state index is -0.133. The van der Waals surface area contributed by atoms with Crippen LogP contribution in [0.1, 0.15) is 5.56 Å². The van der Waals surface area contributed by atoms with Gasteiger partial charge in [0.15, 0.2) is 0 Å². The van der Waals surface area contributed by atoms with Crippen molar-refractivity contribution >= 4 is 24.7 Å². The Morgan fingerprint density at radius 1 is 1.19 bits per heavy atom. The van der Waals surface area contributed by atoms with Crippen molar-refractivity contribution in [2.45, 2.75) is 4.97 Å². The third-order valence-electron chi connectivity index (χ3n) is 2.20. The second-order valence-corrected chi connectivity index (χ2v) is 5.63. The van der Waals surface area contributed by atoms with Crippen LogP contribution in [0.3, 0.4) is 0 Å². The van der Waals surface area contributed by atoms with Crippen molar-refractivity contribution in [2.24, 2.45) is 0 Å². The maximum atomic E-state index is 3.82. The number of nitrogens with zero attached hydrogens (tertiary/aromatic N) is 1. The van der Waals surface area contributed by atoms with E-state index in [0.29, 0.717) is 0 Å². The van der Waals surface area contributed by atoms with Crippen LogP contribution in [0.5, 0.6) is 0 Å². The van der Waals surface area contributed by atoms with Crippen LogP contribution in [-0.2, 0) is 0 Å². The number of rotatable bonds is 6. The van der Waals surface area contributed by atoms with E-state index in [1.54, 1.807) is 0 Å². The van der Waals surface area contributed by atoms with E-state index in [1.807, 2.05) is 12.2 Å². The fraction of sp³-hybridized carbons (Fsp3) is 0.214. The number of hydrogen-bond acceptors (Lipinski definition) is 0. The summed E-state index contributed by atoms with van der Waals surface area (Å²) in [4.78, 5) is 2.31. The van der Waals surface area contributed by atoms with Crippen molar-refractivity contribution in [3.8, 4) is 0 Å². The van der Waals surface area contributed by atoms with E-state index in [2.05, 4.69) is 53.0 Å². The van der Waals surface area contributed by atoms with Crippen molar-refractivity contribution in [3.05, 3.63) is 61.2 Å². The quantitative estimate of drug-likeness (QED) is 0.327. The molecule has 16 heavy (non-hydrogen) atoms. The van der Waals surface area contributed by atoms with Gasteiger partial charge in [-0.25, -0.2) is 0 Å². The molecule has 0 spiro atoms. The topological polar surface area (TPSA) is 3.01 Å². The monoisotopic (exact) mass is 330 g/mol. The Morgan fingerprint density at radius 3 is 2.19 bits per heavy atom. The van der Waals surface area contributed by atoms with Crippen LogP contribution in [-0.4, -0.2) is 42.3 Å². The Labute approximate surface area is 108 Å². The second-order valence-electron chi connectivity index (χ2n) is 3.36. The summed E-state index contributed by atoms with van der Waals surface area (Å²) < 4.78 is 3.84. The van der Waals surface area contributed by atoms with Crippen LogP contribution in [0.15, 0.2) is 55.6 Å². The molecule has 0 aliphatic carbocycles. The van der Waals surface area contributed by atoms with Crippen LogP contribution < -0.4 is 0 Å². The molecule has 0 amide bonds. The second kappa shape index (κ2) is 7.44. The zero-order chi connectivity index (χ0) is 11.8. The van der Waals surface area contributed by atoms with E-state index in [0.717, 1.165) is 13.1 Å². The summed E-state index contributed by atoms with van der Waals surface area (Å²) in [5, 5.41) is 0. The summed E-state index contributed by atoms with van der Waals surface area (Å²) in [5.41, 5.74) is 1.34. The van der Waals surface area contributed by atoms with Crippen LogP contribution in [0.4, 0.5) is 0 Å². The van der Waals surface area contributed by atoms with Gasteiger partial charge in [0.1, 0.15) is 0 Å². The van der Waals surface area contributed by atoms with Gasteiger partial charge in [0, 0.05) is 0 Å². The fourth-order valence-corrected chi connectivity index (χ4v) is 3.79. The molecule has 0 atom stereocenters. The van der Waals surface area contributed by atoms with E-state index >= 15 is 0 Å². The van der Waals surface area contributed by atoms with Crippen molar-refractivity contribution in [1.82, 2.24) is 0 Å². The van der Waals surface area contributed by atoms with Crippen LogP contribution in [0, 0.1) is 0 Å². The van der Waals surface area contributed by atoms with E-state index in [-0.39, 0.29) is 20.9 Å². The predicted molar refractivity (Wildman–Crippen MR) is 72.6 cm³/mol. The molecule has 0 unspecified atom stereocenters. The van der Waals surface area contributed by atoms with Crippen LogP contribution in [0.25, 0.3) is 0 Å². The first-order valence-electron chi connectivity index (χ1n) is 5.26. The minimum absolute atomic E-state index is 0.133. The molecule has 0 fully saturated rings. The van der Waals surface area contributed by atoms with E-state index in [9.17, 15) is 0 Å². The van der Waals surface area contributed by atoms with E-state index in [1.165, 1.54) is 9.32 Å². The van der Waals surface area contributed by atoms with E-state index in [4.69, 9.17) is 0 Å². The first-order valence-corrected chi connectivity index (χ1v) is 8.76. The molecule has 2 heteroatoms. The molecule has 0 saturated heterocycles. The van der Waals surface area contributed by atoms with Crippen molar-refractivity contribution in [1.29, 1.82) is 0 Å². The van der Waals surface area contributed by atoms with Gasteiger partial charge in [-0.1, -0.05) is 0 Å². The third-order valence-corrected chi connectivity index (χ3v) is 4.71. The molecule has 1 aromatic rings. The molecule has 0 aliphatic heterocycles. The molecule has 0 bridgehead atoms. The summed E-state index contributed by atoms with van der Waals surface area (Å²) in [5.74, 6) is 0. The molecule has 1 rings (SSSR count). The molecule has 0 radical (unpaired) electrons. The van der Waals surface area contributed by atoms with Gasteiger partial charge in [-0.3, -0.25) is 0 Å². The SMILES string of the molecule is C=CC[N+](CC=C)=C([Te]C)c1ccccc1. The van der Waals surface area contributed by atoms with Gasteiger partial charge in [-0.2, -0.15) is 0 Å². The van der Waals surface area contributed by atoms with Gasteiger partial charge in [-0.15, -0.1) is 0 Å². The third kappa shape index (κ3) is 3.63. The van der Waals surface area contributed by atoms with Crippen LogP contribution in [0.2, 0.25) is 4.97 Å². The summed E-state index contributed by atoms with van der Waals surface area (Å²) in [6, 6.07) is 10.6. The van der Waals surface area contributed by atoms with Crippen molar-refractivity contribution < 1.29 is 4.58 Å². The molecule has 84 valence electrons. The van der Waals surface area contributed by atoms with Gasteiger partial charge >= 0.3 is 109 Å². The standard InChI is InChI=1S/C14H18NTe/c1-4-11-15(12-5-2)14(16-3)13-9-7-6-8-10-13/h4-10H,1-2,11-12H2,3H3/q+1. The molecular weight excluding hydrogens is 310 g/mol. The Morgan fingerprint density at radius 2 is 1.75 bits per heavy atom. The summed E-state index contributed by atoms with van der Waals surface area (Å²) in [6.45, 7) is 9.43. The molecule has 0 saturated carbocycles. The van der Waals surface area contributed by atoms with Crippen molar-refractivity contribution in [3.63, 3.8) is 0 Å². The molecule has 1 aromatic carbocycles. The Kier molecular flexibility index (Phi) is 6.15. The van der Waals surface area contributed by atoms with Crippen molar-refractivity contribution in [2.75, 3.05) is 13.1 Å². The van der Waals surface area contributed by atoms with E-state index < -0.39 is 0 Å². The molecule has 0 aliphatic rings. The molecule has 0 N–H and O–H groups in total. The molecule has 0 heterocycles. The van der Waals surface area contributed by atoms with Gasteiger partial charge < -0.3 is 0 Å². The number of benzene rings is 1. The Hall–Kier alpha value is -0.840. The summed E-state index contributed by atoms with van der Waals surface area (Å²) >= 11 is -0.133. The predicted octanol–water partition coefficient (Wildman–Crippen LogP) is 2.57. The average Bonchev–Trinajstić information content (AvgIpc) is 2.32. The van der Waals surface area contributed by atoms with Gasteiger partial charge in [-0.05, 0) is 0 Å². The zero-order valence-electron chi connectivity index (χ0n) is 9.73. The molecule has 1 nitrogen and oxygen atoms in total. The molecular formula is C14H18NTe+. The average molecular weight is 328 g/mol. The number of hydrogen-bond donors (Lipinski definition) is 0. The molecule has 0 aromatic heterocycles. The maximum absolute atomic E-state index is 3.82. The summed E-state index contributed by atoms with van der Waals surface area (Å²) in [7, 11) is 0. The normalized spacial score (nSPS) is 9.56. The first-order chi connectivity index (χ1) is 7.83. The zero-order valence-corrected chi connectivity index (χ0v) is 12.1. The fourth-order valence-electron chi connectivity index (χ4n) is 1.56. The Bertz CT molecular complexity index is 367. The summed E-state index contributed by atoms with van der Waals surface area (Å²) in [6.07, 6.45) is 3.91. The van der Waals surface area contributed by atoms with Crippen LogP contribution >= 0.6 is 0 Å². The van der Waals surface area contributed by atoms with Gasteiger partial charge in [0.2, 0.25) is 0 Å². The van der Waals surface area contributed by atoms with Gasteiger partial charge in [0.05, 0.1) is 0 Å². The van der Waals surface area contributed by atoms with Gasteiger partial charge in [0.25, 0.3) is 0 Å².